The minimum atomic E-state index is 0.174. The predicted molar refractivity (Wildman–Crippen MR) is 126 cm³/mol. The number of phenols is 1. The smallest absolute Gasteiger partial charge is 0.206 e. The highest BCUT2D eigenvalue weighted by molar-refractivity contribution is 7.07. The fourth-order valence-electron chi connectivity index (χ4n) is 3.39. The molecular formula is C24H23N3O3S. The van der Waals surface area contributed by atoms with E-state index in [2.05, 4.69) is 4.99 Å². The van der Waals surface area contributed by atoms with Crippen LogP contribution in [0.5, 0.6) is 17.2 Å². The van der Waals surface area contributed by atoms with Crippen molar-refractivity contribution in [3.63, 3.8) is 0 Å². The van der Waals surface area contributed by atoms with E-state index in [4.69, 9.17) is 14.6 Å². The zero-order valence-electron chi connectivity index (χ0n) is 17.6. The first-order valence-corrected chi connectivity index (χ1v) is 10.7. The molecule has 1 N–H and O–H groups in total. The molecule has 1 heterocycles. The summed E-state index contributed by atoms with van der Waals surface area (Å²) in [4.78, 5) is 5.33. The van der Waals surface area contributed by atoms with E-state index in [1.54, 1.807) is 31.2 Å². The van der Waals surface area contributed by atoms with Crippen LogP contribution >= 0.6 is 11.3 Å². The van der Waals surface area contributed by atoms with Gasteiger partial charge in [-0.05, 0) is 42.0 Å². The van der Waals surface area contributed by atoms with Crippen molar-refractivity contribution in [2.75, 3.05) is 20.8 Å². The molecule has 3 aromatic carbocycles. The van der Waals surface area contributed by atoms with Crippen molar-refractivity contribution in [3.8, 4) is 28.5 Å². The standard InChI is InChI=1S/C24H23N3O3S/c1-4-25-24-27(21(15-31-24)19-13-17(29-2)10-12-23(19)30-3)26-14-20-18-8-6-5-7-16(18)9-11-22(20)28/h5-15,28H,4H2,1-3H3. The first-order chi connectivity index (χ1) is 15.2. The second-order valence-corrected chi connectivity index (χ2v) is 7.56. The predicted octanol–water partition coefficient (Wildman–Crippen LogP) is 4.90. The largest absolute Gasteiger partial charge is 0.507 e. The van der Waals surface area contributed by atoms with Crippen molar-refractivity contribution < 1.29 is 14.6 Å². The number of benzene rings is 3. The number of thiazole rings is 1. The molecule has 4 rings (SSSR count). The lowest BCUT2D eigenvalue weighted by atomic mass is 10.0. The molecule has 0 atom stereocenters. The Kier molecular flexibility index (Phi) is 6.04. The lowest BCUT2D eigenvalue weighted by Crippen LogP contribution is -2.12. The molecule has 0 radical (unpaired) electrons. The van der Waals surface area contributed by atoms with E-state index in [0.717, 1.165) is 32.6 Å². The monoisotopic (exact) mass is 433 g/mol. The number of rotatable bonds is 6. The van der Waals surface area contributed by atoms with E-state index < -0.39 is 0 Å². The molecule has 158 valence electrons. The average molecular weight is 434 g/mol. The third-order valence-corrected chi connectivity index (χ3v) is 5.77. The van der Waals surface area contributed by atoms with Crippen molar-refractivity contribution >= 4 is 28.3 Å². The van der Waals surface area contributed by atoms with Gasteiger partial charge in [0.2, 0.25) is 4.80 Å². The Bertz CT molecular complexity index is 1320. The molecule has 0 aliphatic rings. The molecule has 1 aromatic heterocycles. The maximum absolute atomic E-state index is 10.5. The van der Waals surface area contributed by atoms with Gasteiger partial charge in [-0.1, -0.05) is 30.3 Å². The van der Waals surface area contributed by atoms with Crippen LogP contribution in [0.15, 0.2) is 70.1 Å². The minimum Gasteiger partial charge on any atom is -0.507 e. The number of methoxy groups -OCH3 is 2. The van der Waals surface area contributed by atoms with Crippen LogP contribution in [-0.2, 0) is 0 Å². The van der Waals surface area contributed by atoms with E-state index in [1.807, 2.05) is 60.8 Å². The average Bonchev–Trinajstić information content (AvgIpc) is 3.20. The van der Waals surface area contributed by atoms with Crippen molar-refractivity contribution in [1.82, 2.24) is 4.68 Å². The van der Waals surface area contributed by atoms with Crippen LogP contribution in [0.4, 0.5) is 0 Å². The third kappa shape index (κ3) is 4.04. The SMILES string of the molecule is CCN=c1scc(-c2cc(OC)ccc2OC)n1N=Cc1c(O)ccc2ccccc12. The lowest BCUT2D eigenvalue weighted by Gasteiger charge is -2.11. The van der Waals surface area contributed by atoms with Crippen molar-refractivity contribution in [2.45, 2.75) is 6.92 Å². The van der Waals surface area contributed by atoms with E-state index in [1.165, 1.54) is 11.3 Å². The quantitative estimate of drug-likeness (QED) is 0.440. The number of hydrogen-bond acceptors (Lipinski definition) is 6. The molecule has 7 heteroatoms. The molecule has 0 unspecified atom stereocenters. The maximum Gasteiger partial charge on any atom is 0.206 e. The Morgan fingerprint density at radius 3 is 2.68 bits per heavy atom. The van der Waals surface area contributed by atoms with Gasteiger partial charge in [0.05, 0.1) is 26.1 Å². The Morgan fingerprint density at radius 2 is 1.90 bits per heavy atom. The summed E-state index contributed by atoms with van der Waals surface area (Å²) in [5.74, 6) is 1.60. The molecule has 6 nitrogen and oxygen atoms in total. The highest BCUT2D eigenvalue weighted by atomic mass is 32.1. The summed E-state index contributed by atoms with van der Waals surface area (Å²) in [5, 5.41) is 19.2. The normalized spacial score (nSPS) is 12.0. The maximum atomic E-state index is 10.5. The zero-order chi connectivity index (χ0) is 21.8. The van der Waals surface area contributed by atoms with E-state index >= 15 is 0 Å². The van der Waals surface area contributed by atoms with Crippen LogP contribution in [0.2, 0.25) is 0 Å². The van der Waals surface area contributed by atoms with Gasteiger partial charge in [-0.2, -0.15) is 5.10 Å². The van der Waals surface area contributed by atoms with Crippen LogP contribution in [-0.4, -0.2) is 36.8 Å². The van der Waals surface area contributed by atoms with Gasteiger partial charge in [-0.15, -0.1) is 11.3 Å². The van der Waals surface area contributed by atoms with Crippen molar-refractivity contribution in [3.05, 3.63) is 70.3 Å². The Hall–Kier alpha value is -3.58. The van der Waals surface area contributed by atoms with Gasteiger partial charge in [0, 0.05) is 23.1 Å². The molecule has 0 aliphatic heterocycles. The van der Waals surface area contributed by atoms with Gasteiger partial charge in [0.15, 0.2) is 0 Å². The van der Waals surface area contributed by atoms with Crippen LogP contribution in [0.25, 0.3) is 22.0 Å². The molecule has 0 spiro atoms. The summed E-state index contributed by atoms with van der Waals surface area (Å²) in [6.07, 6.45) is 1.68. The van der Waals surface area contributed by atoms with Gasteiger partial charge in [-0.25, -0.2) is 4.68 Å². The topological polar surface area (TPSA) is 68.3 Å². The number of hydrogen-bond donors (Lipinski definition) is 1. The summed E-state index contributed by atoms with van der Waals surface area (Å²) >= 11 is 1.49. The second kappa shape index (κ2) is 9.06. The molecule has 0 saturated carbocycles. The Labute approximate surface area is 184 Å². The third-order valence-electron chi connectivity index (χ3n) is 4.91. The summed E-state index contributed by atoms with van der Waals surface area (Å²) < 4.78 is 12.8. The number of fused-ring (bicyclic) bond motifs is 1. The van der Waals surface area contributed by atoms with Gasteiger partial charge in [0.1, 0.15) is 17.2 Å². The summed E-state index contributed by atoms with van der Waals surface area (Å²) in [6.45, 7) is 2.61. The Balaban J connectivity index is 1.90. The van der Waals surface area contributed by atoms with Crippen LogP contribution in [0.3, 0.4) is 0 Å². The fraction of sp³-hybridized carbons (Fsp3) is 0.167. The minimum absolute atomic E-state index is 0.174. The first-order valence-electron chi connectivity index (χ1n) is 9.84. The summed E-state index contributed by atoms with van der Waals surface area (Å²) in [5.41, 5.74) is 2.32. The molecule has 0 bridgehead atoms. The Morgan fingerprint density at radius 1 is 1.06 bits per heavy atom. The van der Waals surface area contributed by atoms with Crippen molar-refractivity contribution in [1.29, 1.82) is 0 Å². The van der Waals surface area contributed by atoms with E-state index in [0.29, 0.717) is 17.9 Å². The van der Waals surface area contributed by atoms with Gasteiger partial charge in [-0.3, -0.25) is 4.99 Å². The number of ether oxygens (including phenoxy) is 2. The van der Waals surface area contributed by atoms with Gasteiger partial charge in [0.25, 0.3) is 0 Å². The number of phenolic OH excluding ortho intramolecular Hbond substituents is 1. The van der Waals surface area contributed by atoms with E-state index in [-0.39, 0.29) is 5.75 Å². The molecule has 31 heavy (non-hydrogen) atoms. The zero-order valence-corrected chi connectivity index (χ0v) is 18.4. The number of aromatic nitrogens is 1. The van der Waals surface area contributed by atoms with Gasteiger partial charge < -0.3 is 14.6 Å². The fourth-order valence-corrected chi connectivity index (χ4v) is 4.28. The lowest BCUT2D eigenvalue weighted by molar-refractivity contribution is 0.404. The molecule has 0 amide bonds. The second-order valence-electron chi connectivity index (χ2n) is 6.72. The number of nitrogens with zero attached hydrogens (tertiary/aromatic N) is 3. The first kappa shape index (κ1) is 20.7. The van der Waals surface area contributed by atoms with Crippen molar-refractivity contribution in [2.24, 2.45) is 10.1 Å². The van der Waals surface area contributed by atoms with Crippen LogP contribution in [0, 0.1) is 0 Å². The highest BCUT2D eigenvalue weighted by Gasteiger charge is 2.14. The molecule has 4 aromatic rings. The van der Waals surface area contributed by atoms with Crippen LogP contribution < -0.4 is 14.3 Å². The van der Waals surface area contributed by atoms with E-state index in [9.17, 15) is 5.11 Å². The molecule has 0 fully saturated rings. The summed E-state index contributed by atoms with van der Waals surface area (Å²) in [6, 6.07) is 17.1. The highest BCUT2D eigenvalue weighted by Crippen LogP contribution is 2.34. The number of aromatic hydroxyl groups is 1. The van der Waals surface area contributed by atoms with Gasteiger partial charge >= 0.3 is 0 Å². The molecule has 0 saturated heterocycles. The molecular weight excluding hydrogens is 410 g/mol. The molecule has 0 aliphatic carbocycles. The van der Waals surface area contributed by atoms with Crippen LogP contribution in [0.1, 0.15) is 12.5 Å². The summed E-state index contributed by atoms with van der Waals surface area (Å²) in [7, 11) is 3.27.